The van der Waals surface area contributed by atoms with Crippen LogP contribution in [0.1, 0.15) is 55.3 Å². The Hall–Kier alpha value is -1.95. The van der Waals surface area contributed by atoms with Crippen LogP contribution in [0.4, 0.5) is 5.82 Å². The number of carbonyl (C=O) groups excluding carboxylic acids is 1. The van der Waals surface area contributed by atoms with Gasteiger partial charge in [0.1, 0.15) is 5.82 Å². The number of fused-ring (bicyclic) bond motifs is 1. The molecule has 29 heavy (non-hydrogen) atoms. The van der Waals surface area contributed by atoms with Crippen molar-refractivity contribution in [1.29, 1.82) is 0 Å². The molecule has 4 aliphatic carbocycles. The smallest absolute Gasteiger partial charge is 0.231 e. The van der Waals surface area contributed by atoms with E-state index < -0.39 is 10.8 Å². The third kappa shape index (κ3) is 2.75. The minimum absolute atomic E-state index is 0.173. The van der Waals surface area contributed by atoms with Gasteiger partial charge in [0.15, 0.2) is 0 Å². The lowest BCUT2D eigenvalue weighted by molar-refractivity contribution is -0.140. The number of nitrogens with zero attached hydrogens (tertiary/aromatic N) is 2. The van der Waals surface area contributed by atoms with Crippen molar-refractivity contribution in [2.75, 3.05) is 5.32 Å². The highest BCUT2D eigenvalue weighted by atomic mass is 32.2. The summed E-state index contributed by atoms with van der Waals surface area (Å²) >= 11 is 0. The molecule has 0 spiro atoms. The Labute approximate surface area is 173 Å². The molecule has 2 aromatic rings. The summed E-state index contributed by atoms with van der Waals surface area (Å²) in [5, 5.41) is 8.10. The monoisotopic (exact) mass is 409 g/mol. The topological polar surface area (TPSA) is 64.0 Å². The highest BCUT2D eigenvalue weighted by Gasteiger charge is 2.54. The average Bonchev–Trinajstić information content (AvgIpc) is 3.18. The maximum absolute atomic E-state index is 13.7. The molecule has 6 heteroatoms. The van der Waals surface area contributed by atoms with Crippen molar-refractivity contribution in [1.82, 2.24) is 9.78 Å². The summed E-state index contributed by atoms with van der Waals surface area (Å²) in [5.74, 6) is 4.07. The van der Waals surface area contributed by atoms with Crippen molar-refractivity contribution in [2.45, 2.75) is 57.0 Å². The van der Waals surface area contributed by atoms with E-state index in [2.05, 4.69) is 18.3 Å². The number of nitrogens with one attached hydrogen (secondary N) is 1. The number of aromatic nitrogens is 2. The van der Waals surface area contributed by atoms with E-state index in [0.717, 1.165) is 65.3 Å². The summed E-state index contributed by atoms with van der Waals surface area (Å²) in [6.07, 6.45) is 7.08. The fourth-order valence-electron chi connectivity index (χ4n) is 6.86. The zero-order chi connectivity index (χ0) is 19.8. The van der Waals surface area contributed by atoms with Gasteiger partial charge in [-0.1, -0.05) is 18.2 Å². The van der Waals surface area contributed by atoms with Crippen LogP contribution in [-0.4, -0.2) is 19.9 Å². The summed E-state index contributed by atoms with van der Waals surface area (Å²) < 4.78 is 14.1. The first-order chi connectivity index (χ1) is 14.0. The molecule has 0 saturated heterocycles. The second-order valence-corrected chi connectivity index (χ2v) is 11.3. The predicted octanol–water partition coefficient (Wildman–Crippen LogP) is 4.10. The third-order valence-corrected chi connectivity index (χ3v) is 8.97. The zero-order valence-corrected chi connectivity index (χ0v) is 17.6. The molecule has 7 rings (SSSR count). The predicted molar refractivity (Wildman–Crippen MR) is 113 cm³/mol. The lowest BCUT2D eigenvalue weighted by Gasteiger charge is -2.55. The van der Waals surface area contributed by atoms with Gasteiger partial charge in [-0.05, 0) is 74.8 Å². The first-order valence-corrected chi connectivity index (χ1v) is 12.3. The number of rotatable bonds is 3. The number of aryl methyl sites for hydroxylation is 1. The number of anilines is 1. The van der Waals surface area contributed by atoms with E-state index in [1.54, 1.807) is 0 Å². The molecule has 1 atom stereocenters. The van der Waals surface area contributed by atoms with Gasteiger partial charge in [0.05, 0.1) is 28.3 Å². The molecule has 4 bridgehead atoms. The SMILES string of the molecule is Cc1ccccc1-n1nc2c(c1NC(=O)C13CC4CC(CC(C4)C1)C3)CS(=O)C2. The lowest BCUT2D eigenvalue weighted by atomic mass is 9.49. The third-order valence-electron chi connectivity index (χ3n) is 7.77. The van der Waals surface area contributed by atoms with Crippen molar-refractivity contribution >= 4 is 22.5 Å². The molecule has 1 aromatic carbocycles. The summed E-state index contributed by atoms with van der Waals surface area (Å²) in [5.41, 5.74) is 3.71. The number of carbonyl (C=O) groups is 1. The molecule has 1 aromatic heterocycles. The minimum Gasteiger partial charge on any atom is -0.310 e. The minimum atomic E-state index is -0.921. The van der Waals surface area contributed by atoms with E-state index in [4.69, 9.17) is 5.10 Å². The van der Waals surface area contributed by atoms with E-state index in [1.807, 2.05) is 22.9 Å². The molecule has 4 saturated carbocycles. The normalized spacial score (nSPS) is 34.4. The van der Waals surface area contributed by atoms with Gasteiger partial charge < -0.3 is 5.32 Å². The Morgan fingerprint density at radius 2 is 1.76 bits per heavy atom. The first kappa shape index (κ1) is 17.9. The van der Waals surface area contributed by atoms with Crippen molar-refractivity contribution < 1.29 is 9.00 Å². The Morgan fingerprint density at radius 1 is 1.10 bits per heavy atom. The van der Waals surface area contributed by atoms with Crippen LogP contribution in [0.3, 0.4) is 0 Å². The van der Waals surface area contributed by atoms with Crippen LogP contribution in [0.2, 0.25) is 0 Å². The molecule has 1 amide bonds. The van der Waals surface area contributed by atoms with Gasteiger partial charge in [-0.2, -0.15) is 5.10 Å². The van der Waals surface area contributed by atoms with E-state index in [1.165, 1.54) is 19.3 Å². The van der Waals surface area contributed by atoms with Crippen LogP contribution in [0.15, 0.2) is 24.3 Å². The fourth-order valence-corrected chi connectivity index (χ4v) is 8.12. The Morgan fingerprint density at radius 3 is 2.41 bits per heavy atom. The van der Waals surface area contributed by atoms with Crippen LogP contribution in [0, 0.1) is 30.1 Å². The van der Waals surface area contributed by atoms with Gasteiger partial charge in [-0.25, -0.2) is 4.68 Å². The number of para-hydroxylation sites is 1. The molecule has 4 fully saturated rings. The van der Waals surface area contributed by atoms with E-state index in [0.29, 0.717) is 11.5 Å². The van der Waals surface area contributed by atoms with Gasteiger partial charge in [0, 0.05) is 16.4 Å². The van der Waals surface area contributed by atoms with Crippen molar-refractivity contribution in [3.63, 3.8) is 0 Å². The molecule has 1 N–H and O–H groups in total. The molecule has 5 aliphatic rings. The number of hydrogen-bond donors (Lipinski definition) is 1. The van der Waals surface area contributed by atoms with Crippen LogP contribution in [0.25, 0.3) is 5.69 Å². The average molecular weight is 410 g/mol. The summed E-state index contributed by atoms with van der Waals surface area (Å²) in [6, 6.07) is 8.11. The summed E-state index contributed by atoms with van der Waals surface area (Å²) in [4.78, 5) is 13.7. The first-order valence-electron chi connectivity index (χ1n) is 10.8. The summed E-state index contributed by atoms with van der Waals surface area (Å²) in [7, 11) is -0.921. The quantitative estimate of drug-likeness (QED) is 0.830. The van der Waals surface area contributed by atoms with E-state index in [-0.39, 0.29) is 11.3 Å². The van der Waals surface area contributed by atoms with E-state index in [9.17, 15) is 9.00 Å². The Balaban J connectivity index is 1.39. The Bertz CT molecular complexity index is 1010. The highest BCUT2D eigenvalue weighted by molar-refractivity contribution is 7.83. The van der Waals surface area contributed by atoms with Gasteiger partial charge in [0.25, 0.3) is 0 Å². The maximum Gasteiger partial charge on any atom is 0.231 e. The fraction of sp³-hybridized carbons (Fsp3) is 0.565. The number of benzene rings is 1. The second kappa shape index (κ2) is 6.27. The standard InChI is InChI=1S/C23H27N3O2S/c1-14-4-2-3-5-20(14)26-21(18-12-29(28)13-19(18)25-26)24-22(27)23-9-15-6-16(10-23)8-17(7-15)11-23/h2-5,15-17H,6-13H2,1H3,(H,24,27). The molecule has 1 aliphatic heterocycles. The molecular weight excluding hydrogens is 382 g/mol. The molecule has 0 radical (unpaired) electrons. The van der Waals surface area contributed by atoms with Crippen molar-refractivity contribution in [3.8, 4) is 5.69 Å². The van der Waals surface area contributed by atoms with Gasteiger partial charge >= 0.3 is 0 Å². The largest absolute Gasteiger partial charge is 0.310 e. The van der Waals surface area contributed by atoms with E-state index >= 15 is 0 Å². The maximum atomic E-state index is 13.7. The highest BCUT2D eigenvalue weighted by Crippen LogP contribution is 2.60. The second-order valence-electron chi connectivity index (χ2n) is 9.85. The van der Waals surface area contributed by atoms with Crippen molar-refractivity contribution in [3.05, 3.63) is 41.1 Å². The van der Waals surface area contributed by atoms with Crippen molar-refractivity contribution in [2.24, 2.45) is 23.2 Å². The van der Waals surface area contributed by atoms with Gasteiger partial charge in [-0.3, -0.25) is 9.00 Å². The van der Waals surface area contributed by atoms with Crippen LogP contribution in [0.5, 0.6) is 0 Å². The lowest BCUT2D eigenvalue weighted by Crippen LogP contribution is -2.52. The Kier molecular flexibility index (Phi) is 3.87. The molecule has 2 heterocycles. The van der Waals surface area contributed by atoms with Crippen LogP contribution < -0.4 is 5.32 Å². The molecular formula is C23H27N3O2S. The van der Waals surface area contributed by atoms with Gasteiger partial charge in [0.2, 0.25) is 5.91 Å². The zero-order valence-electron chi connectivity index (χ0n) is 16.8. The number of amides is 1. The molecule has 1 unspecified atom stereocenters. The number of hydrogen-bond acceptors (Lipinski definition) is 3. The summed E-state index contributed by atoms with van der Waals surface area (Å²) in [6.45, 7) is 2.06. The van der Waals surface area contributed by atoms with Crippen LogP contribution >= 0.6 is 0 Å². The molecule has 152 valence electrons. The molecule has 5 nitrogen and oxygen atoms in total. The van der Waals surface area contributed by atoms with Crippen LogP contribution in [-0.2, 0) is 27.1 Å². The van der Waals surface area contributed by atoms with Gasteiger partial charge in [-0.15, -0.1) is 0 Å².